The first-order chi connectivity index (χ1) is 12.8. The van der Waals surface area contributed by atoms with E-state index in [-0.39, 0.29) is 11.3 Å². The largest absolute Gasteiger partial charge is 0.368 e. The van der Waals surface area contributed by atoms with Crippen molar-refractivity contribution in [3.63, 3.8) is 0 Å². The minimum Gasteiger partial charge on any atom is -0.368 e. The van der Waals surface area contributed by atoms with Crippen LogP contribution in [0.15, 0.2) is 47.4 Å². The van der Waals surface area contributed by atoms with Gasteiger partial charge >= 0.3 is 0 Å². The topological polar surface area (TPSA) is 118 Å². The molecule has 2 aromatic heterocycles. The maximum atomic E-state index is 12.9. The highest BCUT2D eigenvalue weighted by Gasteiger charge is 2.27. The number of nitrogens with one attached hydrogen (secondary N) is 2. The molecule has 0 fully saturated rings. The fraction of sp³-hybridized carbons (Fsp3) is 0.222. The molecule has 9 heteroatoms. The molecule has 4 N–H and O–H groups in total. The van der Waals surface area contributed by atoms with Crippen molar-refractivity contribution in [3.05, 3.63) is 58.6 Å². The van der Waals surface area contributed by atoms with E-state index in [9.17, 15) is 13.2 Å². The van der Waals surface area contributed by atoms with Gasteiger partial charge in [0.15, 0.2) is 0 Å². The van der Waals surface area contributed by atoms with Crippen molar-refractivity contribution in [2.24, 2.45) is 5.73 Å². The minimum atomic E-state index is -3.91. The van der Waals surface area contributed by atoms with Gasteiger partial charge in [0.25, 0.3) is 0 Å². The van der Waals surface area contributed by atoms with Gasteiger partial charge < -0.3 is 5.73 Å². The fourth-order valence-corrected chi connectivity index (χ4v) is 5.46. The zero-order valence-electron chi connectivity index (χ0n) is 14.9. The molecule has 0 aliphatic carbocycles. The Morgan fingerprint density at radius 2 is 1.96 bits per heavy atom. The van der Waals surface area contributed by atoms with Gasteiger partial charge in [0.2, 0.25) is 15.9 Å². The third-order valence-corrected chi connectivity index (χ3v) is 6.84. The minimum absolute atomic E-state index is 0.127. The Balaban J connectivity index is 1.86. The van der Waals surface area contributed by atoms with E-state index in [4.69, 9.17) is 5.73 Å². The number of nitrogens with two attached hydrogens (primary N) is 1. The molecule has 0 aliphatic heterocycles. The summed E-state index contributed by atoms with van der Waals surface area (Å²) in [7, 11) is -3.91. The highest BCUT2D eigenvalue weighted by atomic mass is 32.2. The summed E-state index contributed by atoms with van der Waals surface area (Å²) >= 11 is 1.33. The van der Waals surface area contributed by atoms with Crippen LogP contribution in [0.1, 0.15) is 16.1 Å². The molecule has 27 heavy (non-hydrogen) atoms. The number of H-pyrrole nitrogens is 1. The van der Waals surface area contributed by atoms with E-state index in [1.807, 2.05) is 43.3 Å². The third-order valence-electron chi connectivity index (χ3n) is 4.04. The van der Waals surface area contributed by atoms with E-state index < -0.39 is 22.0 Å². The van der Waals surface area contributed by atoms with Gasteiger partial charge in [-0.1, -0.05) is 30.3 Å². The normalized spacial score (nSPS) is 12.8. The molecule has 0 saturated heterocycles. The monoisotopic (exact) mass is 404 g/mol. The van der Waals surface area contributed by atoms with E-state index in [1.54, 1.807) is 13.0 Å². The summed E-state index contributed by atoms with van der Waals surface area (Å²) in [6, 6.07) is 11.5. The molecule has 1 aromatic carbocycles. The summed E-state index contributed by atoms with van der Waals surface area (Å²) in [4.78, 5) is 13.3. The number of amides is 1. The maximum Gasteiger partial charge on any atom is 0.242 e. The number of benzene rings is 1. The van der Waals surface area contributed by atoms with E-state index in [1.165, 1.54) is 11.3 Å². The highest BCUT2D eigenvalue weighted by Crippen LogP contribution is 2.32. The molecule has 0 unspecified atom stereocenters. The molecule has 2 heterocycles. The highest BCUT2D eigenvalue weighted by molar-refractivity contribution is 7.89. The van der Waals surface area contributed by atoms with Crippen LogP contribution in [-0.4, -0.2) is 30.6 Å². The number of aromatic amines is 1. The Morgan fingerprint density at radius 3 is 2.56 bits per heavy atom. The molecule has 1 atom stereocenters. The van der Waals surface area contributed by atoms with E-state index >= 15 is 0 Å². The standard InChI is InChI=1S/C18H20N4O3S2/c1-11-8-14(21-20-11)16-10-17(12(2)26-16)27(24,25)22-15(18(19)23)9-13-6-4-3-5-7-13/h3-8,10,15,22H,9H2,1-2H3,(H2,19,23)(H,20,21)/t15-/m0/s1. The number of carbonyl (C=O) groups excluding carboxylic acids is 1. The van der Waals surface area contributed by atoms with Crippen LogP contribution in [0.25, 0.3) is 10.6 Å². The summed E-state index contributed by atoms with van der Waals surface area (Å²) in [5.74, 6) is -0.724. The van der Waals surface area contributed by atoms with E-state index in [2.05, 4.69) is 14.9 Å². The predicted octanol–water partition coefficient (Wildman–Crippen LogP) is 2.13. The Hall–Kier alpha value is -2.49. The number of primary amides is 1. The van der Waals surface area contributed by atoms with Crippen molar-refractivity contribution >= 4 is 27.3 Å². The summed E-state index contributed by atoms with van der Waals surface area (Å²) in [5.41, 5.74) is 7.81. The van der Waals surface area contributed by atoms with Crippen molar-refractivity contribution in [1.82, 2.24) is 14.9 Å². The van der Waals surface area contributed by atoms with Gasteiger partial charge in [-0.3, -0.25) is 9.89 Å². The Labute approximate surface area is 161 Å². The lowest BCUT2D eigenvalue weighted by molar-refractivity contribution is -0.119. The maximum absolute atomic E-state index is 12.9. The molecule has 0 radical (unpaired) electrons. The lowest BCUT2D eigenvalue weighted by atomic mass is 10.1. The molecular formula is C18H20N4O3S2. The second-order valence-electron chi connectivity index (χ2n) is 6.23. The zero-order valence-corrected chi connectivity index (χ0v) is 16.5. The smallest absolute Gasteiger partial charge is 0.242 e. The van der Waals surface area contributed by atoms with Gasteiger partial charge in [-0.25, -0.2) is 8.42 Å². The zero-order chi connectivity index (χ0) is 19.6. The molecule has 142 valence electrons. The lowest BCUT2D eigenvalue weighted by Gasteiger charge is -2.15. The molecule has 0 saturated carbocycles. The quantitative estimate of drug-likeness (QED) is 0.559. The first-order valence-electron chi connectivity index (χ1n) is 8.24. The number of rotatable bonds is 7. The van der Waals surface area contributed by atoms with Gasteiger partial charge in [0.05, 0.1) is 9.77 Å². The van der Waals surface area contributed by atoms with Crippen LogP contribution in [0, 0.1) is 13.8 Å². The number of thiophene rings is 1. The molecule has 0 aliphatic rings. The Morgan fingerprint density at radius 1 is 1.26 bits per heavy atom. The Kier molecular flexibility index (Phi) is 5.45. The molecule has 3 aromatic rings. The number of aromatic nitrogens is 2. The molecular weight excluding hydrogens is 384 g/mol. The summed E-state index contributed by atoms with van der Waals surface area (Å²) in [6.45, 7) is 3.59. The second kappa shape index (κ2) is 7.63. The van der Waals surface area contributed by atoms with Crippen LogP contribution in [0.4, 0.5) is 0 Å². The lowest BCUT2D eigenvalue weighted by Crippen LogP contribution is -2.45. The predicted molar refractivity (Wildman–Crippen MR) is 105 cm³/mol. The summed E-state index contributed by atoms with van der Waals surface area (Å²) in [6.07, 6.45) is 0.185. The first-order valence-corrected chi connectivity index (χ1v) is 10.5. The van der Waals surface area contributed by atoms with E-state index in [0.717, 1.165) is 16.1 Å². The van der Waals surface area contributed by atoms with Gasteiger partial charge in [-0.15, -0.1) is 11.3 Å². The second-order valence-corrected chi connectivity index (χ2v) is 9.17. The average Bonchev–Trinajstić information content (AvgIpc) is 3.21. The van der Waals surface area contributed by atoms with Crippen molar-refractivity contribution in [3.8, 4) is 10.6 Å². The molecule has 0 bridgehead atoms. The SMILES string of the molecule is Cc1cc(-c2cc(S(=O)(=O)N[C@@H](Cc3ccccc3)C(N)=O)c(C)s2)n[nH]1. The summed E-state index contributed by atoms with van der Waals surface area (Å²) in [5, 5.41) is 7.00. The number of carbonyl (C=O) groups is 1. The van der Waals surface area contributed by atoms with Crippen LogP contribution in [0.2, 0.25) is 0 Å². The molecule has 0 spiro atoms. The number of aryl methyl sites for hydroxylation is 2. The van der Waals surface area contributed by atoms with Crippen molar-refractivity contribution in [2.45, 2.75) is 31.2 Å². The van der Waals surface area contributed by atoms with Crippen LogP contribution in [0.5, 0.6) is 0 Å². The van der Waals surface area contributed by atoms with Crippen molar-refractivity contribution < 1.29 is 13.2 Å². The number of hydrogen-bond donors (Lipinski definition) is 3. The first kappa shape index (κ1) is 19.3. The van der Waals surface area contributed by atoms with Gasteiger partial charge in [-0.2, -0.15) is 9.82 Å². The van der Waals surface area contributed by atoms with E-state index in [0.29, 0.717) is 10.6 Å². The van der Waals surface area contributed by atoms with Crippen molar-refractivity contribution in [2.75, 3.05) is 0 Å². The summed E-state index contributed by atoms with van der Waals surface area (Å²) < 4.78 is 28.2. The van der Waals surface area contributed by atoms with Gasteiger partial charge in [0.1, 0.15) is 11.7 Å². The van der Waals surface area contributed by atoms with Gasteiger partial charge in [0, 0.05) is 10.6 Å². The van der Waals surface area contributed by atoms with Crippen molar-refractivity contribution in [1.29, 1.82) is 0 Å². The molecule has 3 rings (SSSR count). The van der Waals surface area contributed by atoms with Gasteiger partial charge in [-0.05, 0) is 38.0 Å². The number of hydrogen-bond acceptors (Lipinski definition) is 5. The number of sulfonamides is 1. The molecule has 7 nitrogen and oxygen atoms in total. The average molecular weight is 405 g/mol. The molecule has 1 amide bonds. The Bertz CT molecular complexity index is 1060. The van der Waals surface area contributed by atoms with Crippen LogP contribution < -0.4 is 10.5 Å². The van der Waals surface area contributed by atoms with Crippen LogP contribution >= 0.6 is 11.3 Å². The third kappa shape index (κ3) is 4.44. The fourth-order valence-electron chi connectivity index (χ4n) is 2.70. The van der Waals surface area contributed by atoms with Crippen LogP contribution in [-0.2, 0) is 21.2 Å². The number of nitrogens with zero attached hydrogens (tertiary/aromatic N) is 1. The van der Waals surface area contributed by atoms with Crippen LogP contribution in [0.3, 0.4) is 0 Å².